The monoisotopic (exact) mass is 249 g/mol. The minimum Gasteiger partial charge on any atom is -0.493 e. The fourth-order valence-electron chi connectivity index (χ4n) is 2.00. The SMILES string of the molecule is COc1cnn(C)c1C(N)c1cccc(C)c1F. The molecule has 2 aromatic rings. The van der Waals surface area contributed by atoms with Gasteiger partial charge in [-0.3, -0.25) is 4.68 Å². The molecule has 0 amide bonds. The van der Waals surface area contributed by atoms with E-state index in [2.05, 4.69) is 5.10 Å². The number of rotatable bonds is 3. The van der Waals surface area contributed by atoms with Crippen molar-refractivity contribution in [3.05, 3.63) is 47.0 Å². The van der Waals surface area contributed by atoms with Crippen LogP contribution in [0.5, 0.6) is 5.75 Å². The average molecular weight is 249 g/mol. The minimum atomic E-state index is -0.604. The summed E-state index contributed by atoms with van der Waals surface area (Å²) in [6.07, 6.45) is 1.57. The van der Waals surface area contributed by atoms with Crippen molar-refractivity contribution in [3.8, 4) is 5.75 Å². The van der Waals surface area contributed by atoms with E-state index in [0.717, 1.165) is 0 Å². The van der Waals surface area contributed by atoms with Crippen LogP contribution in [0, 0.1) is 12.7 Å². The summed E-state index contributed by atoms with van der Waals surface area (Å²) in [7, 11) is 3.30. The zero-order valence-corrected chi connectivity index (χ0v) is 10.6. The van der Waals surface area contributed by atoms with E-state index in [0.29, 0.717) is 22.6 Å². The molecule has 18 heavy (non-hydrogen) atoms. The van der Waals surface area contributed by atoms with Crippen molar-refractivity contribution >= 4 is 0 Å². The van der Waals surface area contributed by atoms with Crippen LogP contribution in [0.4, 0.5) is 4.39 Å². The predicted molar refractivity (Wildman–Crippen MR) is 66.9 cm³/mol. The molecule has 1 atom stereocenters. The highest BCUT2D eigenvalue weighted by Gasteiger charge is 2.21. The van der Waals surface area contributed by atoms with E-state index in [1.165, 1.54) is 0 Å². The Morgan fingerprint density at radius 1 is 1.44 bits per heavy atom. The van der Waals surface area contributed by atoms with Crippen molar-refractivity contribution in [1.29, 1.82) is 0 Å². The van der Waals surface area contributed by atoms with Crippen LogP contribution in [-0.4, -0.2) is 16.9 Å². The second kappa shape index (κ2) is 4.78. The summed E-state index contributed by atoms with van der Waals surface area (Å²) >= 11 is 0. The van der Waals surface area contributed by atoms with Gasteiger partial charge in [0, 0.05) is 12.6 Å². The third-order valence-corrected chi connectivity index (χ3v) is 3.02. The van der Waals surface area contributed by atoms with Gasteiger partial charge in [-0.15, -0.1) is 0 Å². The fourth-order valence-corrected chi connectivity index (χ4v) is 2.00. The first kappa shape index (κ1) is 12.6. The van der Waals surface area contributed by atoms with Crippen LogP contribution in [0.15, 0.2) is 24.4 Å². The van der Waals surface area contributed by atoms with Crippen molar-refractivity contribution in [2.45, 2.75) is 13.0 Å². The van der Waals surface area contributed by atoms with E-state index in [1.54, 1.807) is 50.2 Å². The number of nitrogens with two attached hydrogens (primary N) is 1. The van der Waals surface area contributed by atoms with Gasteiger partial charge in [0.05, 0.1) is 19.3 Å². The van der Waals surface area contributed by atoms with Crippen molar-refractivity contribution in [2.75, 3.05) is 7.11 Å². The van der Waals surface area contributed by atoms with Gasteiger partial charge >= 0.3 is 0 Å². The molecule has 0 saturated carbocycles. The molecule has 0 bridgehead atoms. The Bertz CT molecular complexity index is 565. The molecule has 0 fully saturated rings. The maximum Gasteiger partial charge on any atom is 0.161 e. The number of aromatic nitrogens is 2. The van der Waals surface area contributed by atoms with Gasteiger partial charge in [0.25, 0.3) is 0 Å². The highest BCUT2D eigenvalue weighted by atomic mass is 19.1. The molecule has 1 unspecified atom stereocenters. The molecule has 5 heteroatoms. The Morgan fingerprint density at radius 2 is 2.17 bits per heavy atom. The Kier molecular flexibility index (Phi) is 3.34. The Labute approximate surface area is 105 Å². The lowest BCUT2D eigenvalue weighted by atomic mass is 10.0. The molecule has 0 radical (unpaired) electrons. The smallest absolute Gasteiger partial charge is 0.161 e. The first-order chi connectivity index (χ1) is 8.56. The second-order valence-electron chi connectivity index (χ2n) is 4.18. The van der Waals surface area contributed by atoms with Gasteiger partial charge in [0.2, 0.25) is 0 Å². The van der Waals surface area contributed by atoms with Crippen LogP contribution in [-0.2, 0) is 7.05 Å². The zero-order chi connectivity index (χ0) is 13.3. The maximum absolute atomic E-state index is 14.1. The number of methoxy groups -OCH3 is 1. The summed E-state index contributed by atoms with van der Waals surface area (Å²) in [4.78, 5) is 0. The van der Waals surface area contributed by atoms with Gasteiger partial charge in [-0.2, -0.15) is 5.10 Å². The predicted octanol–water partition coefficient (Wildman–Crippen LogP) is 1.92. The van der Waals surface area contributed by atoms with E-state index in [-0.39, 0.29) is 5.82 Å². The van der Waals surface area contributed by atoms with Crippen LogP contribution in [0.1, 0.15) is 22.9 Å². The molecule has 0 aliphatic rings. The quantitative estimate of drug-likeness (QED) is 0.904. The summed E-state index contributed by atoms with van der Waals surface area (Å²) in [6.45, 7) is 1.71. The molecule has 2 N–H and O–H groups in total. The topological polar surface area (TPSA) is 53.1 Å². The lowest BCUT2D eigenvalue weighted by Gasteiger charge is -2.16. The third-order valence-electron chi connectivity index (χ3n) is 3.02. The number of hydrogen-bond donors (Lipinski definition) is 1. The lowest BCUT2D eigenvalue weighted by molar-refractivity contribution is 0.405. The van der Waals surface area contributed by atoms with Gasteiger partial charge in [-0.25, -0.2) is 4.39 Å². The number of ether oxygens (including phenoxy) is 1. The molecule has 0 aliphatic heterocycles. The van der Waals surface area contributed by atoms with Gasteiger partial charge in [0.15, 0.2) is 5.75 Å². The van der Waals surface area contributed by atoms with Crippen LogP contribution in [0.25, 0.3) is 0 Å². The van der Waals surface area contributed by atoms with Crippen LogP contribution >= 0.6 is 0 Å². The molecule has 4 nitrogen and oxygen atoms in total. The Hall–Kier alpha value is -1.88. The van der Waals surface area contributed by atoms with Crippen molar-refractivity contribution in [3.63, 3.8) is 0 Å². The number of aryl methyl sites for hydroxylation is 2. The number of halogens is 1. The van der Waals surface area contributed by atoms with Gasteiger partial charge < -0.3 is 10.5 Å². The standard InChI is InChI=1S/C13H16FN3O/c1-8-5-4-6-9(11(8)14)12(15)13-10(18-3)7-16-17(13)2/h4-7,12H,15H2,1-3H3. The molecule has 1 aromatic heterocycles. The van der Waals surface area contributed by atoms with E-state index < -0.39 is 6.04 Å². The first-order valence-corrected chi connectivity index (χ1v) is 5.62. The van der Waals surface area contributed by atoms with E-state index in [4.69, 9.17) is 10.5 Å². The summed E-state index contributed by atoms with van der Waals surface area (Å²) in [5.41, 5.74) is 7.80. The van der Waals surface area contributed by atoms with Crippen molar-refractivity contribution < 1.29 is 9.13 Å². The number of benzene rings is 1. The molecule has 1 heterocycles. The Balaban J connectivity index is 2.51. The molecule has 1 aromatic carbocycles. The van der Waals surface area contributed by atoms with Gasteiger partial charge in [-0.1, -0.05) is 18.2 Å². The molecule has 0 saturated heterocycles. The second-order valence-corrected chi connectivity index (χ2v) is 4.18. The lowest BCUT2D eigenvalue weighted by Crippen LogP contribution is -2.18. The molecule has 2 rings (SSSR count). The summed E-state index contributed by atoms with van der Waals surface area (Å²) in [5, 5.41) is 4.08. The van der Waals surface area contributed by atoms with Crippen LogP contribution in [0.3, 0.4) is 0 Å². The highest BCUT2D eigenvalue weighted by Crippen LogP contribution is 2.29. The molecular weight excluding hydrogens is 233 g/mol. The first-order valence-electron chi connectivity index (χ1n) is 5.62. The van der Waals surface area contributed by atoms with E-state index >= 15 is 0 Å². The van der Waals surface area contributed by atoms with Crippen molar-refractivity contribution in [2.24, 2.45) is 12.8 Å². The number of nitrogens with zero attached hydrogens (tertiary/aromatic N) is 2. The summed E-state index contributed by atoms with van der Waals surface area (Å²) < 4.78 is 20.9. The van der Waals surface area contributed by atoms with Crippen LogP contribution in [0.2, 0.25) is 0 Å². The van der Waals surface area contributed by atoms with E-state index in [1.807, 2.05) is 0 Å². The van der Waals surface area contributed by atoms with Gasteiger partial charge in [-0.05, 0) is 12.5 Å². The maximum atomic E-state index is 14.1. The van der Waals surface area contributed by atoms with Crippen LogP contribution < -0.4 is 10.5 Å². The molecule has 0 aliphatic carbocycles. The minimum absolute atomic E-state index is 0.284. The normalized spacial score (nSPS) is 12.5. The molecular formula is C13H16FN3O. The molecule has 96 valence electrons. The zero-order valence-electron chi connectivity index (χ0n) is 10.6. The largest absolute Gasteiger partial charge is 0.493 e. The summed E-state index contributed by atoms with van der Waals surface area (Å²) in [5.74, 6) is 0.277. The fraction of sp³-hybridized carbons (Fsp3) is 0.308. The summed E-state index contributed by atoms with van der Waals surface area (Å²) in [6, 6.07) is 4.58. The highest BCUT2D eigenvalue weighted by molar-refractivity contribution is 5.38. The van der Waals surface area contributed by atoms with E-state index in [9.17, 15) is 4.39 Å². The molecule has 0 spiro atoms. The van der Waals surface area contributed by atoms with Gasteiger partial charge in [0.1, 0.15) is 11.5 Å². The number of hydrogen-bond acceptors (Lipinski definition) is 3. The third kappa shape index (κ3) is 1.97. The Morgan fingerprint density at radius 3 is 2.83 bits per heavy atom. The average Bonchev–Trinajstić information content (AvgIpc) is 2.73. The van der Waals surface area contributed by atoms with Crippen molar-refractivity contribution in [1.82, 2.24) is 9.78 Å².